The number of hydrogen-bond acceptors (Lipinski definition) is 3. The lowest BCUT2D eigenvalue weighted by atomic mass is 9.86. The number of methoxy groups -OCH3 is 1. The molecule has 0 unspecified atom stereocenters. The SMILES string of the molecule is COc1ccc(C(=O)Nc2c(C)cc(C)cc2C)cc1COc1ccccc1C(C)(C)C. The van der Waals surface area contributed by atoms with Gasteiger partial charge in [0.2, 0.25) is 0 Å². The standard InChI is InChI=1S/C28H33NO3/c1-18-14-19(2)26(20(3)15-18)29-27(30)21-12-13-24(31-7)22(16-21)17-32-25-11-9-8-10-23(25)28(4,5)6/h8-16H,17H2,1-7H3,(H,29,30). The molecule has 0 aliphatic heterocycles. The van der Waals surface area contributed by atoms with Crippen LogP contribution in [0.2, 0.25) is 0 Å². The molecule has 0 bridgehead atoms. The fourth-order valence-corrected chi connectivity index (χ4v) is 3.96. The molecule has 3 aromatic rings. The molecule has 1 N–H and O–H groups in total. The van der Waals surface area contributed by atoms with Gasteiger partial charge in [-0.3, -0.25) is 4.79 Å². The van der Waals surface area contributed by atoms with E-state index in [0.29, 0.717) is 17.9 Å². The number of carbonyl (C=O) groups excluding carboxylic acids is 1. The van der Waals surface area contributed by atoms with Crippen molar-refractivity contribution in [2.75, 3.05) is 12.4 Å². The van der Waals surface area contributed by atoms with Crippen molar-refractivity contribution in [3.63, 3.8) is 0 Å². The lowest BCUT2D eigenvalue weighted by molar-refractivity contribution is 0.102. The van der Waals surface area contributed by atoms with Gasteiger partial charge in [-0.15, -0.1) is 0 Å². The highest BCUT2D eigenvalue weighted by atomic mass is 16.5. The van der Waals surface area contributed by atoms with Crippen LogP contribution < -0.4 is 14.8 Å². The molecule has 3 aromatic carbocycles. The minimum absolute atomic E-state index is 0.0355. The maximum absolute atomic E-state index is 13.0. The zero-order valence-corrected chi connectivity index (χ0v) is 20.1. The molecule has 4 heteroatoms. The second-order valence-corrected chi connectivity index (χ2v) is 9.29. The summed E-state index contributed by atoms with van der Waals surface area (Å²) in [6.07, 6.45) is 0. The third-order valence-electron chi connectivity index (χ3n) is 5.54. The second-order valence-electron chi connectivity index (χ2n) is 9.29. The summed E-state index contributed by atoms with van der Waals surface area (Å²) in [5.41, 5.74) is 6.61. The van der Waals surface area contributed by atoms with Crippen LogP contribution in [0.5, 0.6) is 11.5 Å². The fourth-order valence-electron chi connectivity index (χ4n) is 3.96. The second kappa shape index (κ2) is 9.47. The van der Waals surface area contributed by atoms with Crippen LogP contribution in [0.1, 0.15) is 58.9 Å². The molecule has 0 saturated carbocycles. The first-order chi connectivity index (χ1) is 15.1. The third kappa shape index (κ3) is 5.31. The average molecular weight is 432 g/mol. The summed E-state index contributed by atoms with van der Waals surface area (Å²) in [6.45, 7) is 12.9. The molecular formula is C28H33NO3. The number of benzene rings is 3. The molecule has 0 heterocycles. The Kier molecular flexibility index (Phi) is 6.93. The van der Waals surface area contributed by atoms with Gasteiger partial charge in [-0.2, -0.15) is 0 Å². The number of amides is 1. The first-order valence-electron chi connectivity index (χ1n) is 10.9. The van der Waals surface area contributed by atoms with Crippen LogP contribution >= 0.6 is 0 Å². The van der Waals surface area contributed by atoms with Gasteiger partial charge >= 0.3 is 0 Å². The van der Waals surface area contributed by atoms with Crippen molar-refractivity contribution in [1.82, 2.24) is 0 Å². The first-order valence-corrected chi connectivity index (χ1v) is 10.9. The first kappa shape index (κ1) is 23.4. The summed E-state index contributed by atoms with van der Waals surface area (Å²) in [5.74, 6) is 1.37. The van der Waals surface area contributed by atoms with Gasteiger partial charge in [-0.05, 0) is 67.1 Å². The monoisotopic (exact) mass is 431 g/mol. The van der Waals surface area contributed by atoms with Crippen molar-refractivity contribution in [3.05, 3.63) is 88.0 Å². The molecule has 4 nitrogen and oxygen atoms in total. The van der Waals surface area contributed by atoms with Crippen molar-refractivity contribution in [2.45, 2.75) is 53.6 Å². The smallest absolute Gasteiger partial charge is 0.255 e. The molecule has 0 radical (unpaired) electrons. The van der Waals surface area contributed by atoms with Crippen molar-refractivity contribution in [3.8, 4) is 11.5 Å². The van der Waals surface area contributed by atoms with Crippen LogP contribution in [-0.4, -0.2) is 13.0 Å². The van der Waals surface area contributed by atoms with E-state index in [-0.39, 0.29) is 11.3 Å². The number of para-hydroxylation sites is 1. The summed E-state index contributed by atoms with van der Waals surface area (Å²) in [5, 5.41) is 3.07. The highest BCUT2D eigenvalue weighted by Gasteiger charge is 2.19. The van der Waals surface area contributed by atoms with Gasteiger partial charge in [0.15, 0.2) is 0 Å². The Balaban J connectivity index is 1.85. The van der Waals surface area contributed by atoms with Crippen LogP contribution in [0.3, 0.4) is 0 Å². The Morgan fingerprint density at radius 3 is 2.19 bits per heavy atom. The van der Waals surface area contributed by atoms with Gasteiger partial charge < -0.3 is 14.8 Å². The van der Waals surface area contributed by atoms with E-state index >= 15 is 0 Å². The van der Waals surface area contributed by atoms with Crippen molar-refractivity contribution in [2.24, 2.45) is 0 Å². The maximum atomic E-state index is 13.0. The van der Waals surface area contributed by atoms with E-state index < -0.39 is 0 Å². The molecule has 0 aliphatic carbocycles. The normalized spacial score (nSPS) is 11.2. The fraction of sp³-hybridized carbons (Fsp3) is 0.321. The number of carbonyl (C=O) groups is 1. The van der Waals surface area contributed by atoms with Gasteiger partial charge in [-0.1, -0.05) is 56.7 Å². The molecule has 0 atom stereocenters. The van der Waals surface area contributed by atoms with E-state index in [9.17, 15) is 4.79 Å². The predicted molar refractivity (Wildman–Crippen MR) is 131 cm³/mol. The minimum Gasteiger partial charge on any atom is -0.496 e. The number of aryl methyl sites for hydroxylation is 3. The van der Waals surface area contributed by atoms with E-state index in [4.69, 9.17) is 9.47 Å². The third-order valence-corrected chi connectivity index (χ3v) is 5.54. The number of hydrogen-bond donors (Lipinski definition) is 1. The van der Waals surface area contributed by atoms with E-state index in [1.165, 1.54) is 5.56 Å². The van der Waals surface area contributed by atoms with Crippen molar-refractivity contribution >= 4 is 11.6 Å². The molecule has 0 aliphatic rings. The molecule has 168 valence electrons. The number of ether oxygens (including phenoxy) is 2. The Bertz CT molecular complexity index is 1100. The van der Waals surface area contributed by atoms with Gasteiger partial charge in [0, 0.05) is 16.8 Å². The molecule has 0 saturated heterocycles. The van der Waals surface area contributed by atoms with Gasteiger partial charge in [0.25, 0.3) is 5.91 Å². The summed E-state index contributed by atoms with van der Waals surface area (Å²) in [4.78, 5) is 13.0. The van der Waals surface area contributed by atoms with E-state index in [0.717, 1.165) is 33.7 Å². The number of rotatable bonds is 6. The van der Waals surface area contributed by atoms with Crippen LogP contribution in [0.15, 0.2) is 54.6 Å². The predicted octanol–water partition coefficient (Wildman–Crippen LogP) is 6.75. The molecule has 0 spiro atoms. The van der Waals surface area contributed by atoms with E-state index in [1.807, 2.05) is 44.2 Å². The lowest BCUT2D eigenvalue weighted by Gasteiger charge is -2.23. The van der Waals surface area contributed by atoms with Crippen molar-refractivity contribution < 1.29 is 14.3 Å². The van der Waals surface area contributed by atoms with Crippen LogP contribution in [0.25, 0.3) is 0 Å². The summed E-state index contributed by atoms with van der Waals surface area (Å²) < 4.78 is 11.7. The average Bonchev–Trinajstić information content (AvgIpc) is 2.74. The van der Waals surface area contributed by atoms with Gasteiger partial charge in [-0.25, -0.2) is 0 Å². The van der Waals surface area contributed by atoms with Crippen LogP contribution in [0.4, 0.5) is 5.69 Å². The van der Waals surface area contributed by atoms with Crippen LogP contribution in [-0.2, 0) is 12.0 Å². The highest BCUT2D eigenvalue weighted by Crippen LogP contribution is 2.32. The highest BCUT2D eigenvalue weighted by molar-refractivity contribution is 6.05. The number of anilines is 1. The minimum atomic E-state index is -0.154. The summed E-state index contributed by atoms with van der Waals surface area (Å²) in [7, 11) is 1.63. The molecule has 0 aromatic heterocycles. The van der Waals surface area contributed by atoms with Gasteiger partial charge in [0.05, 0.1) is 7.11 Å². The molecule has 32 heavy (non-hydrogen) atoms. The topological polar surface area (TPSA) is 47.6 Å². The maximum Gasteiger partial charge on any atom is 0.255 e. The molecule has 3 rings (SSSR count). The quantitative estimate of drug-likeness (QED) is 0.470. The zero-order chi connectivity index (χ0) is 23.5. The zero-order valence-electron chi connectivity index (χ0n) is 20.1. The molecule has 1 amide bonds. The molecule has 0 fully saturated rings. The summed E-state index contributed by atoms with van der Waals surface area (Å²) >= 11 is 0. The Hall–Kier alpha value is -3.27. The Morgan fingerprint density at radius 1 is 0.906 bits per heavy atom. The molecular weight excluding hydrogens is 398 g/mol. The largest absolute Gasteiger partial charge is 0.496 e. The lowest BCUT2D eigenvalue weighted by Crippen LogP contribution is -2.15. The van der Waals surface area contributed by atoms with Crippen LogP contribution in [0, 0.1) is 20.8 Å². The Labute approximate surface area is 191 Å². The van der Waals surface area contributed by atoms with Crippen molar-refractivity contribution in [1.29, 1.82) is 0 Å². The van der Waals surface area contributed by atoms with E-state index in [1.54, 1.807) is 13.2 Å². The van der Waals surface area contributed by atoms with E-state index in [2.05, 4.69) is 51.2 Å². The Morgan fingerprint density at radius 2 is 1.56 bits per heavy atom. The number of nitrogens with one attached hydrogen (secondary N) is 1. The van der Waals surface area contributed by atoms with Gasteiger partial charge in [0.1, 0.15) is 18.1 Å². The summed E-state index contributed by atoms with van der Waals surface area (Å²) in [6, 6.07) is 17.6.